The Morgan fingerprint density at radius 1 is 1.08 bits per heavy atom. The third-order valence-electron chi connectivity index (χ3n) is 5.21. The van der Waals surface area contributed by atoms with E-state index in [1.54, 1.807) is 12.1 Å². The molecule has 0 radical (unpaired) electrons. The minimum absolute atomic E-state index is 0. The zero-order valence-corrected chi connectivity index (χ0v) is 15.4. The molecule has 2 bridgehead atoms. The van der Waals surface area contributed by atoms with Crippen LogP contribution in [0.25, 0.3) is 11.0 Å². The average molecular weight is 394 g/mol. The SMILES string of the molecule is Cl.O=S(=O)(c1cccc(F)c1)c1ccc2c3c(oc2c1)CC1CCC3N1. The summed E-state index contributed by atoms with van der Waals surface area (Å²) in [6.45, 7) is 0. The lowest BCUT2D eigenvalue weighted by atomic mass is 9.99. The molecular weight excluding hydrogens is 377 g/mol. The Morgan fingerprint density at radius 3 is 2.69 bits per heavy atom. The Hall–Kier alpha value is -1.89. The van der Waals surface area contributed by atoms with Crippen molar-refractivity contribution in [2.24, 2.45) is 0 Å². The molecule has 7 heteroatoms. The molecule has 2 aromatic carbocycles. The number of sulfone groups is 1. The number of nitrogens with one attached hydrogen (secondary N) is 1. The maximum Gasteiger partial charge on any atom is 0.206 e. The van der Waals surface area contributed by atoms with Crippen molar-refractivity contribution in [1.82, 2.24) is 5.32 Å². The van der Waals surface area contributed by atoms with E-state index >= 15 is 0 Å². The fourth-order valence-electron chi connectivity index (χ4n) is 4.05. The van der Waals surface area contributed by atoms with Gasteiger partial charge in [-0.15, -0.1) is 12.4 Å². The first kappa shape index (κ1) is 17.5. The Morgan fingerprint density at radius 2 is 1.88 bits per heavy atom. The Bertz CT molecular complexity index is 1110. The maximum absolute atomic E-state index is 13.4. The molecule has 0 aliphatic carbocycles. The summed E-state index contributed by atoms with van der Waals surface area (Å²) < 4.78 is 45.0. The van der Waals surface area contributed by atoms with Gasteiger partial charge in [0.1, 0.15) is 17.2 Å². The summed E-state index contributed by atoms with van der Waals surface area (Å²) in [6.07, 6.45) is 3.06. The normalized spacial score (nSPS) is 21.4. The van der Waals surface area contributed by atoms with E-state index in [0.717, 1.165) is 36.5 Å². The van der Waals surface area contributed by atoms with Crippen molar-refractivity contribution in [2.75, 3.05) is 0 Å². The predicted molar refractivity (Wildman–Crippen MR) is 97.9 cm³/mol. The molecule has 1 fully saturated rings. The van der Waals surface area contributed by atoms with Gasteiger partial charge in [-0.2, -0.15) is 0 Å². The van der Waals surface area contributed by atoms with E-state index < -0.39 is 15.7 Å². The van der Waals surface area contributed by atoms with Crippen molar-refractivity contribution in [3.63, 3.8) is 0 Å². The van der Waals surface area contributed by atoms with Crippen LogP contribution in [0.4, 0.5) is 4.39 Å². The predicted octanol–water partition coefficient (Wildman–Crippen LogP) is 4.18. The van der Waals surface area contributed by atoms with E-state index in [9.17, 15) is 12.8 Å². The number of halogens is 2. The minimum atomic E-state index is -3.78. The van der Waals surface area contributed by atoms with Gasteiger partial charge in [0.2, 0.25) is 9.84 Å². The second-order valence-electron chi connectivity index (χ2n) is 6.76. The Balaban J connectivity index is 0.00000168. The first-order chi connectivity index (χ1) is 12.0. The smallest absolute Gasteiger partial charge is 0.206 e. The maximum atomic E-state index is 13.4. The van der Waals surface area contributed by atoms with Crippen LogP contribution in [0.3, 0.4) is 0 Å². The highest BCUT2D eigenvalue weighted by Gasteiger charge is 2.36. The van der Waals surface area contributed by atoms with Crippen LogP contribution in [0, 0.1) is 5.82 Å². The molecule has 0 saturated carbocycles. The standard InChI is InChI=1S/C19H16FNO3S.ClH/c20-11-2-1-3-13(8-11)25(22,23)14-5-6-15-17(10-14)24-18-9-12-4-7-16(21-12)19(15)18;/h1-3,5-6,8,10,12,16,21H,4,7,9H2;1H. The first-order valence-electron chi connectivity index (χ1n) is 8.34. The fraction of sp³-hybridized carbons (Fsp3) is 0.263. The molecule has 2 aliphatic rings. The molecule has 1 N–H and O–H groups in total. The lowest BCUT2D eigenvalue weighted by molar-refractivity contribution is 0.441. The summed E-state index contributed by atoms with van der Waals surface area (Å²) >= 11 is 0. The van der Waals surface area contributed by atoms with Crippen LogP contribution < -0.4 is 5.32 Å². The van der Waals surface area contributed by atoms with Crippen molar-refractivity contribution in [2.45, 2.75) is 41.1 Å². The van der Waals surface area contributed by atoms with Crippen LogP contribution in [0.1, 0.15) is 30.2 Å². The van der Waals surface area contributed by atoms with Crippen LogP contribution in [0.2, 0.25) is 0 Å². The van der Waals surface area contributed by atoms with Gasteiger partial charge in [0.25, 0.3) is 0 Å². The third-order valence-corrected chi connectivity index (χ3v) is 6.96. The molecule has 1 aromatic heterocycles. The summed E-state index contributed by atoms with van der Waals surface area (Å²) in [6, 6.07) is 10.8. The molecule has 26 heavy (non-hydrogen) atoms. The summed E-state index contributed by atoms with van der Waals surface area (Å²) in [5, 5.41) is 4.55. The van der Waals surface area contributed by atoms with Crippen molar-refractivity contribution in [3.8, 4) is 0 Å². The number of rotatable bonds is 2. The highest BCUT2D eigenvalue weighted by molar-refractivity contribution is 7.91. The summed E-state index contributed by atoms with van der Waals surface area (Å²) in [4.78, 5) is 0.0682. The van der Waals surface area contributed by atoms with E-state index in [4.69, 9.17) is 4.42 Å². The third kappa shape index (κ3) is 2.55. The lowest BCUT2D eigenvalue weighted by Gasteiger charge is -2.20. The summed E-state index contributed by atoms with van der Waals surface area (Å²) in [5.41, 5.74) is 1.75. The second kappa shape index (κ2) is 6.08. The molecular formula is C19H17ClFNO3S. The van der Waals surface area contributed by atoms with E-state index in [2.05, 4.69) is 5.32 Å². The van der Waals surface area contributed by atoms with E-state index in [1.165, 1.54) is 23.8 Å². The van der Waals surface area contributed by atoms with E-state index in [0.29, 0.717) is 17.7 Å². The van der Waals surface area contributed by atoms with Gasteiger partial charge in [-0.05, 0) is 43.2 Å². The van der Waals surface area contributed by atoms with Crippen molar-refractivity contribution < 1.29 is 17.2 Å². The van der Waals surface area contributed by atoms with E-state index in [-0.39, 0.29) is 22.2 Å². The zero-order valence-electron chi connectivity index (χ0n) is 13.7. The Labute approximate surface area is 156 Å². The largest absolute Gasteiger partial charge is 0.461 e. The van der Waals surface area contributed by atoms with Crippen LogP contribution in [-0.2, 0) is 16.3 Å². The van der Waals surface area contributed by atoms with Gasteiger partial charge in [-0.1, -0.05) is 6.07 Å². The number of furan rings is 1. The van der Waals surface area contributed by atoms with Crippen molar-refractivity contribution >= 4 is 33.2 Å². The molecule has 2 atom stereocenters. The minimum Gasteiger partial charge on any atom is -0.461 e. The van der Waals surface area contributed by atoms with Gasteiger partial charge in [0, 0.05) is 35.5 Å². The van der Waals surface area contributed by atoms with Gasteiger partial charge in [0.15, 0.2) is 0 Å². The fourth-order valence-corrected chi connectivity index (χ4v) is 5.36. The molecule has 136 valence electrons. The lowest BCUT2D eigenvalue weighted by Crippen LogP contribution is -2.30. The number of fused-ring (bicyclic) bond motifs is 6. The number of benzene rings is 2. The van der Waals surface area contributed by atoms with Crippen molar-refractivity contribution in [1.29, 1.82) is 0 Å². The molecule has 3 aromatic rings. The van der Waals surface area contributed by atoms with Gasteiger partial charge in [-0.3, -0.25) is 0 Å². The highest BCUT2D eigenvalue weighted by Crippen LogP contribution is 2.42. The summed E-state index contributed by atoms with van der Waals surface area (Å²) in [5.74, 6) is 0.388. The van der Waals surface area contributed by atoms with Crippen LogP contribution in [-0.4, -0.2) is 14.5 Å². The molecule has 3 heterocycles. The number of hydrogen-bond donors (Lipinski definition) is 1. The molecule has 1 saturated heterocycles. The van der Waals surface area contributed by atoms with Gasteiger partial charge >= 0.3 is 0 Å². The highest BCUT2D eigenvalue weighted by atomic mass is 35.5. The zero-order chi connectivity index (χ0) is 17.2. The average Bonchev–Trinajstić information content (AvgIpc) is 3.15. The molecule has 2 aliphatic heterocycles. The van der Waals surface area contributed by atoms with E-state index in [1.807, 2.05) is 6.07 Å². The second-order valence-corrected chi connectivity index (χ2v) is 8.71. The molecule has 0 amide bonds. The first-order valence-corrected chi connectivity index (χ1v) is 9.83. The number of hydrogen-bond acceptors (Lipinski definition) is 4. The van der Waals surface area contributed by atoms with Gasteiger partial charge < -0.3 is 9.73 Å². The Kier molecular flexibility index (Phi) is 4.10. The van der Waals surface area contributed by atoms with Crippen LogP contribution in [0.15, 0.2) is 56.7 Å². The summed E-state index contributed by atoms with van der Waals surface area (Å²) in [7, 11) is -3.78. The van der Waals surface area contributed by atoms with Crippen LogP contribution >= 0.6 is 12.4 Å². The molecule has 4 nitrogen and oxygen atoms in total. The monoisotopic (exact) mass is 393 g/mol. The van der Waals surface area contributed by atoms with Gasteiger partial charge in [-0.25, -0.2) is 12.8 Å². The molecule has 2 unspecified atom stereocenters. The van der Waals surface area contributed by atoms with Gasteiger partial charge in [0.05, 0.1) is 9.79 Å². The molecule has 0 spiro atoms. The molecule has 5 rings (SSSR count). The van der Waals surface area contributed by atoms with Crippen molar-refractivity contribution in [3.05, 3.63) is 59.6 Å². The quantitative estimate of drug-likeness (QED) is 0.709. The topological polar surface area (TPSA) is 59.3 Å². The van der Waals surface area contributed by atoms with Crippen LogP contribution in [0.5, 0.6) is 0 Å².